The molecule has 2 nitrogen and oxygen atoms in total. The molecule has 2 atom stereocenters. The summed E-state index contributed by atoms with van der Waals surface area (Å²) in [6.07, 6.45) is 7.68. The molecule has 1 N–H and O–H groups in total. The Labute approximate surface area is 116 Å². The van der Waals surface area contributed by atoms with Gasteiger partial charge >= 0.3 is 0 Å². The van der Waals surface area contributed by atoms with Crippen molar-refractivity contribution in [2.45, 2.75) is 62.6 Å². The van der Waals surface area contributed by atoms with Crippen LogP contribution in [0.2, 0.25) is 0 Å². The lowest BCUT2D eigenvalue weighted by Crippen LogP contribution is -2.49. The van der Waals surface area contributed by atoms with Gasteiger partial charge in [-0.2, -0.15) is 0 Å². The summed E-state index contributed by atoms with van der Waals surface area (Å²) in [4.78, 5) is 2.49. The van der Waals surface area contributed by atoms with Crippen LogP contribution in [0.5, 0.6) is 0 Å². The summed E-state index contributed by atoms with van der Waals surface area (Å²) >= 11 is 0. The minimum Gasteiger partial charge on any atom is -0.390 e. The van der Waals surface area contributed by atoms with Crippen LogP contribution in [0, 0.1) is 0 Å². The predicted molar refractivity (Wildman–Crippen MR) is 78.1 cm³/mol. The van der Waals surface area contributed by atoms with E-state index in [1.54, 1.807) is 0 Å². The Kier molecular flexibility index (Phi) is 3.64. The topological polar surface area (TPSA) is 23.5 Å². The van der Waals surface area contributed by atoms with E-state index < -0.39 is 5.60 Å². The molecule has 0 saturated carbocycles. The molecule has 104 valence electrons. The molecule has 3 rings (SSSR count). The molecule has 0 spiro atoms. The van der Waals surface area contributed by atoms with E-state index >= 15 is 0 Å². The molecule has 2 aliphatic heterocycles. The Morgan fingerprint density at radius 3 is 2.42 bits per heavy atom. The Morgan fingerprint density at radius 2 is 1.79 bits per heavy atom. The van der Waals surface area contributed by atoms with Gasteiger partial charge in [-0.25, -0.2) is 0 Å². The van der Waals surface area contributed by atoms with Gasteiger partial charge in [-0.3, -0.25) is 0 Å². The normalized spacial score (nSPS) is 34.6. The minimum atomic E-state index is -0.396. The molecule has 0 radical (unpaired) electrons. The van der Waals surface area contributed by atoms with Gasteiger partial charge in [0.05, 0.1) is 5.60 Å². The first-order chi connectivity index (χ1) is 9.16. The van der Waals surface area contributed by atoms with E-state index in [4.69, 9.17) is 0 Å². The molecule has 2 aliphatic rings. The van der Waals surface area contributed by atoms with E-state index in [9.17, 15) is 5.11 Å². The number of hydrogen-bond donors (Lipinski definition) is 1. The molecule has 1 aromatic rings. The highest BCUT2D eigenvalue weighted by atomic mass is 16.3. The van der Waals surface area contributed by atoms with Crippen molar-refractivity contribution in [3.05, 3.63) is 35.9 Å². The zero-order valence-electron chi connectivity index (χ0n) is 11.9. The lowest BCUT2D eigenvalue weighted by molar-refractivity contribution is -0.0510. The second kappa shape index (κ2) is 5.26. The average Bonchev–Trinajstić information content (AvgIpc) is 2.63. The average molecular weight is 259 g/mol. The van der Waals surface area contributed by atoms with Crippen molar-refractivity contribution in [1.29, 1.82) is 0 Å². The van der Waals surface area contributed by atoms with Gasteiger partial charge < -0.3 is 10.0 Å². The molecular formula is C17H25NO. The van der Waals surface area contributed by atoms with Crippen molar-refractivity contribution >= 4 is 0 Å². The smallest absolute Gasteiger partial charge is 0.0677 e. The van der Waals surface area contributed by atoms with E-state index in [2.05, 4.69) is 42.3 Å². The van der Waals surface area contributed by atoms with Gasteiger partial charge in [-0.15, -0.1) is 0 Å². The first-order valence-corrected chi connectivity index (χ1v) is 7.65. The van der Waals surface area contributed by atoms with Crippen LogP contribution in [0.15, 0.2) is 30.3 Å². The first kappa shape index (κ1) is 13.1. The predicted octanol–water partition coefficient (Wildman–Crippen LogP) is 3.00. The number of aliphatic hydroxyl groups is 1. The summed E-state index contributed by atoms with van der Waals surface area (Å²) in [6.45, 7) is 0. The standard InChI is InChI=1S/C17H25NO/c1-18-15-9-10-16(18)13-17(19,12-15)11-5-8-14-6-3-2-4-7-14/h2-4,6-7,15-16,19H,5,8-13H2,1H3. The van der Waals surface area contributed by atoms with Crippen LogP contribution in [0.25, 0.3) is 0 Å². The summed E-state index contributed by atoms with van der Waals surface area (Å²) in [7, 11) is 2.23. The summed E-state index contributed by atoms with van der Waals surface area (Å²) < 4.78 is 0. The molecule has 0 aliphatic carbocycles. The van der Waals surface area contributed by atoms with Crippen LogP contribution in [-0.4, -0.2) is 34.7 Å². The summed E-state index contributed by atoms with van der Waals surface area (Å²) in [5.74, 6) is 0. The number of fused-ring (bicyclic) bond motifs is 2. The number of aryl methyl sites for hydroxylation is 1. The first-order valence-electron chi connectivity index (χ1n) is 7.65. The Hall–Kier alpha value is -0.860. The van der Waals surface area contributed by atoms with E-state index in [-0.39, 0.29) is 0 Å². The van der Waals surface area contributed by atoms with Gasteiger partial charge in [0, 0.05) is 12.1 Å². The van der Waals surface area contributed by atoms with Crippen LogP contribution in [0.1, 0.15) is 44.1 Å². The number of rotatable bonds is 4. The summed E-state index contributed by atoms with van der Waals surface area (Å²) in [6, 6.07) is 11.9. The molecule has 0 aromatic heterocycles. The maximum atomic E-state index is 10.8. The molecule has 19 heavy (non-hydrogen) atoms. The number of hydrogen-bond acceptors (Lipinski definition) is 2. The Balaban J connectivity index is 1.53. The van der Waals surface area contributed by atoms with Gasteiger partial charge in [-0.05, 0) is 57.6 Å². The Bertz CT molecular complexity index is 403. The van der Waals surface area contributed by atoms with Crippen molar-refractivity contribution < 1.29 is 5.11 Å². The SMILES string of the molecule is CN1C2CCC1CC(O)(CCCc1ccccc1)C2. The number of benzene rings is 1. The molecule has 2 heteroatoms. The summed E-state index contributed by atoms with van der Waals surface area (Å²) in [5, 5.41) is 10.8. The van der Waals surface area contributed by atoms with Gasteiger partial charge in [0.1, 0.15) is 0 Å². The molecule has 2 saturated heterocycles. The number of piperidine rings is 1. The molecule has 2 unspecified atom stereocenters. The van der Waals surface area contributed by atoms with Crippen LogP contribution in [0.3, 0.4) is 0 Å². The summed E-state index contributed by atoms with van der Waals surface area (Å²) in [5.41, 5.74) is 0.995. The third-order valence-corrected chi connectivity index (χ3v) is 5.17. The van der Waals surface area contributed by atoms with Crippen molar-refractivity contribution in [2.75, 3.05) is 7.05 Å². The van der Waals surface area contributed by atoms with Crippen molar-refractivity contribution in [1.82, 2.24) is 4.90 Å². The van der Waals surface area contributed by atoms with E-state index in [0.717, 1.165) is 32.1 Å². The monoisotopic (exact) mass is 259 g/mol. The molecule has 2 fully saturated rings. The highest BCUT2D eigenvalue weighted by molar-refractivity contribution is 5.14. The van der Waals surface area contributed by atoms with Crippen LogP contribution < -0.4 is 0 Å². The third-order valence-electron chi connectivity index (χ3n) is 5.17. The number of nitrogens with zero attached hydrogens (tertiary/aromatic N) is 1. The van der Waals surface area contributed by atoms with Crippen LogP contribution in [-0.2, 0) is 6.42 Å². The molecular weight excluding hydrogens is 234 g/mol. The quantitative estimate of drug-likeness (QED) is 0.898. The van der Waals surface area contributed by atoms with Gasteiger partial charge in [0.2, 0.25) is 0 Å². The highest BCUT2D eigenvalue weighted by Gasteiger charge is 2.45. The fourth-order valence-corrected chi connectivity index (χ4v) is 4.01. The van der Waals surface area contributed by atoms with Crippen LogP contribution in [0.4, 0.5) is 0 Å². The lowest BCUT2D eigenvalue weighted by Gasteiger charge is -2.42. The largest absolute Gasteiger partial charge is 0.390 e. The van der Waals surface area contributed by atoms with Crippen molar-refractivity contribution in [3.8, 4) is 0 Å². The third kappa shape index (κ3) is 2.85. The molecule has 1 aromatic carbocycles. The van der Waals surface area contributed by atoms with Crippen LogP contribution >= 0.6 is 0 Å². The Morgan fingerprint density at radius 1 is 1.16 bits per heavy atom. The molecule has 2 heterocycles. The molecule has 0 amide bonds. The maximum absolute atomic E-state index is 10.8. The zero-order chi connectivity index (χ0) is 13.3. The molecule has 2 bridgehead atoms. The van der Waals surface area contributed by atoms with E-state index in [0.29, 0.717) is 12.1 Å². The van der Waals surface area contributed by atoms with Crippen molar-refractivity contribution in [2.24, 2.45) is 0 Å². The fourth-order valence-electron chi connectivity index (χ4n) is 4.01. The van der Waals surface area contributed by atoms with Gasteiger partial charge in [0.25, 0.3) is 0 Å². The second-order valence-corrected chi connectivity index (χ2v) is 6.52. The lowest BCUT2D eigenvalue weighted by atomic mass is 9.82. The van der Waals surface area contributed by atoms with E-state index in [1.807, 2.05) is 0 Å². The zero-order valence-corrected chi connectivity index (χ0v) is 11.9. The van der Waals surface area contributed by atoms with Crippen molar-refractivity contribution in [3.63, 3.8) is 0 Å². The fraction of sp³-hybridized carbons (Fsp3) is 0.647. The maximum Gasteiger partial charge on any atom is 0.0677 e. The van der Waals surface area contributed by atoms with Gasteiger partial charge in [0.15, 0.2) is 0 Å². The van der Waals surface area contributed by atoms with E-state index in [1.165, 1.54) is 18.4 Å². The van der Waals surface area contributed by atoms with Gasteiger partial charge in [-0.1, -0.05) is 30.3 Å². The second-order valence-electron chi connectivity index (χ2n) is 6.52. The minimum absolute atomic E-state index is 0.396. The highest BCUT2D eigenvalue weighted by Crippen LogP contribution is 2.41.